The van der Waals surface area contributed by atoms with E-state index in [0.717, 1.165) is 22.5 Å². The Morgan fingerprint density at radius 1 is 1.42 bits per heavy atom. The lowest BCUT2D eigenvalue weighted by molar-refractivity contribution is 0.0999. The molecular formula is C16H16BrN5O2. The number of primary amides is 1. The largest absolute Gasteiger partial charge is 0.395 e. The monoisotopic (exact) mass is 389 g/mol. The maximum atomic E-state index is 11.4. The van der Waals surface area contributed by atoms with Crippen molar-refractivity contribution in [1.82, 2.24) is 14.6 Å². The van der Waals surface area contributed by atoms with Gasteiger partial charge in [-0.15, -0.1) is 0 Å². The van der Waals surface area contributed by atoms with Crippen LogP contribution >= 0.6 is 15.9 Å². The van der Waals surface area contributed by atoms with E-state index in [0.29, 0.717) is 22.4 Å². The van der Waals surface area contributed by atoms with Crippen LogP contribution in [0.3, 0.4) is 0 Å². The number of amides is 1. The molecule has 0 bridgehead atoms. The molecule has 0 spiro atoms. The van der Waals surface area contributed by atoms with Gasteiger partial charge < -0.3 is 16.2 Å². The number of aliphatic hydroxyl groups is 1. The summed E-state index contributed by atoms with van der Waals surface area (Å²) in [4.78, 5) is 15.8. The number of benzene rings is 1. The van der Waals surface area contributed by atoms with Gasteiger partial charge in [0, 0.05) is 17.7 Å². The van der Waals surface area contributed by atoms with Gasteiger partial charge in [-0.25, -0.2) is 9.50 Å². The highest BCUT2D eigenvalue weighted by molar-refractivity contribution is 9.10. The molecule has 3 aromatic rings. The summed E-state index contributed by atoms with van der Waals surface area (Å²) in [5.74, 6) is -0.450. The molecule has 124 valence electrons. The smallest absolute Gasteiger partial charge is 0.248 e. The van der Waals surface area contributed by atoms with Gasteiger partial charge in [0.1, 0.15) is 4.60 Å². The highest BCUT2D eigenvalue weighted by Crippen LogP contribution is 2.27. The molecule has 0 aliphatic heterocycles. The predicted octanol–water partition coefficient (Wildman–Crippen LogP) is 1.97. The van der Waals surface area contributed by atoms with Crippen molar-refractivity contribution in [3.05, 3.63) is 46.2 Å². The van der Waals surface area contributed by atoms with Crippen LogP contribution in [0.2, 0.25) is 0 Å². The number of hydrogen-bond donors (Lipinski definition) is 3. The van der Waals surface area contributed by atoms with Crippen molar-refractivity contribution < 1.29 is 9.90 Å². The molecule has 1 amide bonds. The highest BCUT2D eigenvalue weighted by atomic mass is 79.9. The zero-order valence-electron chi connectivity index (χ0n) is 13.0. The average molecular weight is 390 g/mol. The first-order valence-corrected chi connectivity index (χ1v) is 8.10. The molecule has 0 saturated carbocycles. The second-order valence-corrected chi connectivity index (χ2v) is 6.12. The van der Waals surface area contributed by atoms with E-state index in [1.807, 2.05) is 25.1 Å². The van der Waals surface area contributed by atoms with Crippen LogP contribution in [0.4, 0.5) is 5.69 Å². The van der Waals surface area contributed by atoms with E-state index in [2.05, 4.69) is 31.3 Å². The Labute approximate surface area is 146 Å². The quantitative estimate of drug-likeness (QED) is 0.618. The van der Waals surface area contributed by atoms with Crippen LogP contribution in [-0.4, -0.2) is 38.8 Å². The zero-order valence-corrected chi connectivity index (χ0v) is 14.5. The summed E-state index contributed by atoms with van der Waals surface area (Å²) >= 11 is 3.39. The minimum absolute atomic E-state index is 0.0213. The number of aromatic nitrogens is 3. The molecule has 0 fully saturated rings. The number of aryl methyl sites for hydroxylation is 1. The molecule has 0 radical (unpaired) electrons. The lowest BCUT2D eigenvalue weighted by Gasteiger charge is -2.09. The van der Waals surface area contributed by atoms with Crippen molar-refractivity contribution >= 4 is 33.2 Å². The second-order valence-electron chi connectivity index (χ2n) is 5.30. The fourth-order valence-electron chi connectivity index (χ4n) is 2.56. The van der Waals surface area contributed by atoms with Crippen molar-refractivity contribution in [3.8, 4) is 11.3 Å². The predicted molar refractivity (Wildman–Crippen MR) is 95.0 cm³/mol. The summed E-state index contributed by atoms with van der Waals surface area (Å²) in [6, 6.07) is 7.21. The molecular weight excluding hydrogens is 374 g/mol. The Balaban J connectivity index is 2.12. The molecule has 0 unspecified atom stereocenters. The average Bonchev–Trinajstić information content (AvgIpc) is 2.95. The van der Waals surface area contributed by atoms with Gasteiger partial charge in [0.25, 0.3) is 0 Å². The van der Waals surface area contributed by atoms with Crippen LogP contribution in [0.25, 0.3) is 16.9 Å². The molecule has 3 rings (SSSR count). The lowest BCUT2D eigenvalue weighted by Crippen LogP contribution is -2.12. The second kappa shape index (κ2) is 6.58. The first-order valence-electron chi connectivity index (χ1n) is 7.31. The summed E-state index contributed by atoms with van der Waals surface area (Å²) < 4.78 is 2.35. The summed E-state index contributed by atoms with van der Waals surface area (Å²) in [7, 11) is 0. The van der Waals surface area contributed by atoms with Crippen LogP contribution in [0.15, 0.2) is 35.1 Å². The molecule has 7 nitrogen and oxygen atoms in total. The maximum Gasteiger partial charge on any atom is 0.248 e. The Morgan fingerprint density at radius 3 is 2.88 bits per heavy atom. The molecule has 2 aromatic heterocycles. The number of halogens is 1. The van der Waals surface area contributed by atoms with Gasteiger partial charge in [0.05, 0.1) is 24.2 Å². The Hall–Kier alpha value is -2.45. The van der Waals surface area contributed by atoms with E-state index >= 15 is 0 Å². The Morgan fingerprint density at radius 2 is 2.21 bits per heavy atom. The molecule has 0 aliphatic carbocycles. The molecule has 4 N–H and O–H groups in total. The standard InChI is InChI=1S/C16H16BrN5O2/c1-9-6-10(2-3-11(9)15(18)24)13-8-20-16-12(19-4-5-23)7-14(17)21-22(13)16/h2-3,6-8,19,23H,4-5H2,1H3,(H2,18,24). The number of imidazole rings is 1. The lowest BCUT2D eigenvalue weighted by atomic mass is 10.0. The Bertz CT molecular complexity index is 922. The van der Waals surface area contributed by atoms with Crippen LogP contribution < -0.4 is 11.1 Å². The number of carbonyl (C=O) groups is 1. The summed E-state index contributed by atoms with van der Waals surface area (Å²) in [6.07, 6.45) is 1.72. The van der Waals surface area contributed by atoms with Crippen LogP contribution in [0.1, 0.15) is 15.9 Å². The summed E-state index contributed by atoms with van der Waals surface area (Å²) in [5, 5.41) is 16.6. The molecule has 2 heterocycles. The number of hydrogen-bond acceptors (Lipinski definition) is 5. The first kappa shape index (κ1) is 16.4. The molecule has 0 aliphatic rings. The third kappa shape index (κ3) is 2.98. The first-order chi connectivity index (χ1) is 11.5. The van der Waals surface area contributed by atoms with Gasteiger partial charge in [-0.1, -0.05) is 6.07 Å². The van der Waals surface area contributed by atoms with E-state index in [9.17, 15) is 4.79 Å². The molecule has 24 heavy (non-hydrogen) atoms. The van der Waals surface area contributed by atoms with Crippen LogP contribution in [0.5, 0.6) is 0 Å². The Kier molecular flexibility index (Phi) is 4.50. The van der Waals surface area contributed by atoms with Gasteiger partial charge in [-0.05, 0) is 46.6 Å². The number of aliphatic hydroxyl groups excluding tert-OH is 1. The van der Waals surface area contributed by atoms with E-state index in [4.69, 9.17) is 10.8 Å². The summed E-state index contributed by atoms with van der Waals surface area (Å²) in [5.41, 5.74) is 9.73. The van der Waals surface area contributed by atoms with Gasteiger partial charge in [-0.2, -0.15) is 5.10 Å². The van der Waals surface area contributed by atoms with E-state index in [1.54, 1.807) is 16.8 Å². The van der Waals surface area contributed by atoms with Crippen LogP contribution in [0, 0.1) is 6.92 Å². The normalized spacial score (nSPS) is 11.0. The number of anilines is 1. The molecule has 1 aromatic carbocycles. The van der Waals surface area contributed by atoms with Gasteiger partial charge in [-0.3, -0.25) is 4.79 Å². The van der Waals surface area contributed by atoms with Crippen LogP contribution in [-0.2, 0) is 0 Å². The fourth-order valence-corrected chi connectivity index (χ4v) is 2.94. The topological polar surface area (TPSA) is 106 Å². The maximum absolute atomic E-state index is 11.4. The third-order valence-corrected chi connectivity index (χ3v) is 4.04. The number of nitrogens with zero attached hydrogens (tertiary/aromatic N) is 3. The zero-order chi connectivity index (χ0) is 17.3. The molecule has 0 atom stereocenters. The van der Waals surface area contributed by atoms with Crippen molar-refractivity contribution in [3.63, 3.8) is 0 Å². The van der Waals surface area contributed by atoms with Gasteiger partial charge in [0.15, 0.2) is 5.65 Å². The fraction of sp³-hybridized carbons (Fsp3) is 0.188. The van der Waals surface area contributed by atoms with Gasteiger partial charge >= 0.3 is 0 Å². The van der Waals surface area contributed by atoms with E-state index in [-0.39, 0.29) is 6.61 Å². The van der Waals surface area contributed by atoms with Crippen molar-refractivity contribution in [1.29, 1.82) is 0 Å². The SMILES string of the molecule is Cc1cc(-c2cnc3c(NCCO)cc(Br)nn23)ccc1C(N)=O. The molecule has 8 heteroatoms. The van der Waals surface area contributed by atoms with Crippen molar-refractivity contribution in [2.24, 2.45) is 5.73 Å². The van der Waals surface area contributed by atoms with Crippen molar-refractivity contribution in [2.45, 2.75) is 6.92 Å². The number of rotatable bonds is 5. The minimum atomic E-state index is -0.450. The number of nitrogens with one attached hydrogen (secondary N) is 1. The number of fused-ring (bicyclic) bond motifs is 1. The minimum Gasteiger partial charge on any atom is -0.395 e. The molecule has 0 saturated heterocycles. The van der Waals surface area contributed by atoms with Crippen molar-refractivity contribution in [2.75, 3.05) is 18.5 Å². The highest BCUT2D eigenvalue weighted by Gasteiger charge is 2.14. The van der Waals surface area contributed by atoms with E-state index < -0.39 is 5.91 Å². The number of carbonyl (C=O) groups excluding carboxylic acids is 1. The third-order valence-electron chi connectivity index (χ3n) is 3.65. The van der Waals surface area contributed by atoms with E-state index in [1.165, 1.54) is 0 Å². The summed E-state index contributed by atoms with van der Waals surface area (Å²) in [6.45, 7) is 2.28. The van der Waals surface area contributed by atoms with Gasteiger partial charge in [0.2, 0.25) is 5.91 Å². The number of nitrogens with two attached hydrogens (primary N) is 1.